The van der Waals surface area contributed by atoms with Crippen LogP contribution in [0.15, 0.2) is 29.4 Å². The topological polar surface area (TPSA) is 181 Å². The first-order valence-corrected chi connectivity index (χ1v) is 11.6. The number of carboxylic acid groups (broad SMARTS) is 3. The van der Waals surface area contributed by atoms with Crippen LogP contribution >= 0.6 is 0 Å². The van der Waals surface area contributed by atoms with Crippen LogP contribution in [0.25, 0.3) is 0 Å². The maximum atomic E-state index is 11.1. The van der Waals surface area contributed by atoms with Crippen LogP contribution in [0, 0.1) is 4.91 Å². The molecule has 0 unspecified atom stereocenters. The van der Waals surface area contributed by atoms with Gasteiger partial charge in [-0.05, 0) is 29.4 Å². The highest BCUT2D eigenvalue weighted by Crippen LogP contribution is 2.16. The second-order valence-electron chi connectivity index (χ2n) is 8.27. The fourth-order valence-corrected chi connectivity index (χ4v) is 3.56. The standard InChI is InChI=1S/C16H28N4O7.C7H7NO2/c21-10-9-17-1-3-18(11-14(22)23)5-7-20(13-16(26)27)8-6-19(4-2-17)12-15(24)25;1-10-7-4-2-6(8-9)3-5-7/h10H,1-9,11-13H2,(H,22,23)(H,24,25)(H,26,27);2-5H,1H3. The number of hydrogen-bond acceptors (Lipinski definition) is 11. The number of benzene rings is 1. The van der Waals surface area contributed by atoms with E-state index in [1.165, 1.54) is 0 Å². The molecule has 0 saturated carbocycles. The predicted octanol–water partition coefficient (Wildman–Crippen LogP) is -0.246. The maximum absolute atomic E-state index is 11.1. The van der Waals surface area contributed by atoms with Crippen molar-refractivity contribution in [3.8, 4) is 5.75 Å². The van der Waals surface area contributed by atoms with Crippen LogP contribution in [-0.4, -0.2) is 145 Å². The van der Waals surface area contributed by atoms with Gasteiger partial charge in [-0.3, -0.25) is 34.0 Å². The number of nitrogens with zero attached hydrogens (tertiary/aromatic N) is 5. The van der Waals surface area contributed by atoms with Crippen molar-refractivity contribution in [1.29, 1.82) is 0 Å². The largest absolute Gasteiger partial charge is 0.497 e. The summed E-state index contributed by atoms with van der Waals surface area (Å²) in [5.41, 5.74) is 0.417. The van der Waals surface area contributed by atoms with Gasteiger partial charge >= 0.3 is 17.9 Å². The Kier molecular flexibility index (Phi) is 15.3. The number of nitroso groups, excluding NO2 is 1. The minimum atomic E-state index is -0.992. The Morgan fingerprint density at radius 3 is 1.38 bits per heavy atom. The first-order chi connectivity index (χ1) is 17.7. The average Bonchev–Trinajstić information content (AvgIpc) is 2.85. The summed E-state index contributed by atoms with van der Waals surface area (Å²) in [5, 5.41) is 30.0. The van der Waals surface area contributed by atoms with E-state index < -0.39 is 17.9 Å². The summed E-state index contributed by atoms with van der Waals surface area (Å²) in [7, 11) is 1.57. The van der Waals surface area contributed by atoms with Gasteiger partial charge in [0.25, 0.3) is 0 Å². The van der Waals surface area contributed by atoms with E-state index in [2.05, 4.69) is 5.18 Å². The lowest BCUT2D eigenvalue weighted by Gasteiger charge is -2.32. The number of carbonyl (C=O) groups is 4. The van der Waals surface area contributed by atoms with Gasteiger partial charge in [-0.2, -0.15) is 0 Å². The number of aliphatic carboxylic acids is 3. The van der Waals surface area contributed by atoms with Crippen LogP contribution in [-0.2, 0) is 19.2 Å². The molecule has 0 aromatic heterocycles. The lowest BCUT2D eigenvalue weighted by Crippen LogP contribution is -2.48. The SMILES string of the molecule is COc1ccc(N=O)cc1.O=CCN1CCN(CC(=O)O)CCN(CC(=O)O)CCN(CC(=O)O)CC1. The first kappa shape index (κ1) is 31.6. The van der Waals surface area contributed by atoms with E-state index in [-0.39, 0.29) is 26.2 Å². The maximum Gasteiger partial charge on any atom is 0.317 e. The van der Waals surface area contributed by atoms with Gasteiger partial charge in [0.1, 0.15) is 17.7 Å². The van der Waals surface area contributed by atoms with Crippen molar-refractivity contribution in [2.24, 2.45) is 5.18 Å². The normalized spacial score (nSPS) is 16.8. The summed E-state index contributed by atoms with van der Waals surface area (Å²) < 4.78 is 4.87. The molecule has 1 aliphatic rings. The van der Waals surface area contributed by atoms with Gasteiger partial charge in [-0.15, -0.1) is 4.91 Å². The first-order valence-electron chi connectivity index (χ1n) is 11.6. The van der Waals surface area contributed by atoms with Crippen molar-refractivity contribution in [2.75, 3.05) is 85.6 Å². The zero-order valence-corrected chi connectivity index (χ0v) is 20.9. The lowest BCUT2D eigenvalue weighted by atomic mass is 10.3. The number of carboxylic acids is 3. The Bertz CT molecular complexity index is 837. The molecule has 1 heterocycles. The summed E-state index contributed by atoms with van der Waals surface area (Å²) in [6, 6.07) is 6.59. The van der Waals surface area contributed by atoms with Gasteiger partial charge in [-0.25, -0.2) is 0 Å². The molecule has 1 aromatic carbocycles. The van der Waals surface area contributed by atoms with Crippen molar-refractivity contribution >= 4 is 29.9 Å². The molecule has 0 spiro atoms. The van der Waals surface area contributed by atoms with Crippen molar-refractivity contribution in [3.05, 3.63) is 29.2 Å². The van der Waals surface area contributed by atoms with Gasteiger partial charge in [0.15, 0.2) is 0 Å². The number of aldehydes is 1. The Morgan fingerprint density at radius 2 is 1.11 bits per heavy atom. The summed E-state index contributed by atoms with van der Waals surface area (Å²) in [6.45, 7) is 2.87. The highest BCUT2D eigenvalue weighted by Gasteiger charge is 2.19. The number of methoxy groups -OCH3 is 1. The molecule has 1 aliphatic heterocycles. The Hall–Kier alpha value is -3.46. The fraction of sp³-hybridized carbons (Fsp3) is 0.565. The van der Waals surface area contributed by atoms with Crippen LogP contribution in [0.1, 0.15) is 0 Å². The zero-order valence-electron chi connectivity index (χ0n) is 20.9. The lowest BCUT2D eigenvalue weighted by molar-refractivity contribution is -0.140. The highest BCUT2D eigenvalue weighted by atomic mass is 16.5. The second-order valence-corrected chi connectivity index (χ2v) is 8.27. The quantitative estimate of drug-likeness (QED) is 0.269. The zero-order chi connectivity index (χ0) is 27.6. The molecule has 206 valence electrons. The summed E-state index contributed by atoms with van der Waals surface area (Å²) in [5.74, 6) is -2.20. The Labute approximate surface area is 215 Å². The van der Waals surface area contributed by atoms with Crippen LogP contribution in [0.3, 0.4) is 0 Å². The summed E-state index contributed by atoms with van der Waals surface area (Å²) >= 11 is 0. The van der Waals surface area contributed by atoms with Crippen molar-refractivity contribution in [2.45, 2.75) is 0 Å². The molecular formula is C23H35N5O9. The van der Waals surface area contributed by atoms with E-state index in [0.717, 1.165) is 12.0 Å². The molecule has 1 fully saturated rings. The van der Waals surface area contributed by atoms with Crippen molar-refractivity contribution in [3.63, 3.8) is 0 Å². The van der Waals surface area contributed by atoms with Gasteiger partial charge < -0.3 is 24.9 Å². The fourth-order valence-electron chi connectivity index (χ4n) is 3.56. The molecule has 0 radical (unpaired) electrons. The highest BCUT2D eigenvalue weighted by molar-refractivity contribution is 5.70. The van der Waals surface area contributed by atoms with Crippen LogP contribution < -0.4 is 4.74 Å². The average molecular weight is 526 g/mol. The number of carbonyl (C=O) groups excluding carboxylic acids is 1. The molecule has 2 rings (SSSR count). The van der Waals surface area contributed by atoms with E-state index in [1.54, 1.807) is 46.1 Å². The number of hydrogen-bond donors (Lipinski definition) is 3. The summed E-state index contributed by atoms with van der Waals surface area (Å²) in [4.78, 5) is 61.0. The number of rotatable bonds is 10. The van der Waals surface area contributed by atoms with E-state index >= 15 is 0 Å². The third-order valence-corrected chi connectivity index (χ3v) is 5.52. The van der Waals surface area contributed by atoms with Crippen LogP contribution in [0.5, 0.6) is 5.75 Å². The molecule has 0 amide bonds. The molecule has 0 atom stereocenters. The Balaban J connectivity index is 0.000000568. The van der Waals surface area contributed by atoms with Crippen molar-refractivity contribution in [1.82, 2.24) is 19.6 Å². The summed E-state index contributed by atoms with van der Waals surface area (Å²) in [6.07, 6.45) is 0.767. The molecule has 0 bridgehead atoms. The van der Waals surface area contributed by atoms with Crippen molar-refractivity contribution < 1.29 is 39.2 Å². The smallest absolute Gasteiger partial charge is 0.317 e. The van der Waals surface area contributed by atoms with Crippen LogP contribution in [0.2, 0.25) is 0 Å². The molecule has 1 saturated heterocycles. The molecule has 0 aliphatic carbocycles. The van der Waals surface area contributed by atoms with Gasteiger partial charge in [0.05, 0.1) is 33.3 Å². The minimum absolute atomic E-state index is 0.166. The van der Waals surface area contributed by atoms with Gasteiger partial charge in [0, 0.05) is 52.4 Å². The molecule has 1 aromatic rings. The van der Waals surface area contributed by atoms with Crippen LogP contribution in [0.4, 0.5) is 5.69 Å². The second kappa shape index (κ2) is 17.9. The van der Waals surface area contributed by atoms with E-state index in [4.69, 9.17) is 20.1 Å². The molecule has 14 heteroatoms. The van der Waals surface area contributed by atoms with Gasteiger partial charge in [0.2, 0.25) is 0 Å². The molecule has 37 heavy (non-hydrogen) atoms. The third-order valence-electron chi connectivity index (χ3n) is 5.52. The monoisotopic (exact) mass is 525 g/mol. The predicted molar refractivity (Wildman–Crippen MR) is 133 cm³/mol. The molecular weight excluding hydrogens is 490 g/mol. The third kappa shape index (κ3) is 14.6. The molecule has 14 nitrogen and oxygen atoms in total. The van der Waals surface area contributed by atoms with E-state index in [9.17, 15) is 24.1 Å². The number of ether oxygens (including phenoxy) is 1. The molecule has 3 N–H and O–H groups in total. The van der Waals surface area contributed by atoms with E-state index in [0.29, 0.717) is 58.0 Å². The minimum Gasteiger partial charge on any atom is -0.497 e. The Morgan fingerprint density at radius 1 is 0.757 bits per heavy atom. The van der Waals surface area contributed by atoms with Gasteiger partial charge in [-0.1, -0.05) is 0 Å². The van der Waals surface area contributed by atoms with E-state index in [1.807, 2.05) is 4.90 Å².